The topological polar surface area (TPSA) is 102 Å². The summed E-state index contributed by atoms with van der Waals surface area (Å²) in [5.74, 6) is -0.119. The number of morpholine rings is 1. The number of rotatable bonds is 8. The molecule has 0 radical (unpaired) electrons. The van der Waals surface area contributed by atoms with Gasteiger partial charge in [-0.05, 0) is 23.3 Å². The predicted molar refractivity (Wildman–Crippen MR) is 136 cm³/mol. The SMILES string of the molecule is COc1cccc(CNC(=O)c2cc(-c3ccc(CN4CCOCC4)cc3)n(C)c(=O)c2O)c1OC. The van der Waals surface area contributed by atoms with Gasteiger partial charge in [-0.25, -0.2) is 0 Å². The number of nitrogens with one attached hydrogen (secondary N) is 1. The molecule has 1 aliphatic heterocycles. The Kier molecular flexibility index (Phi) is 7.92. The van der Waals surface area contributed by atoms with Crippen molar-refractivity contribution >= 4 is 5.91 Å². The molecule has 0 unspecified atom stereocenters. The summed E-state index contributed by atoms with van der Waals surface area (Å²) >= 11 is 0. The molecule has 4 rings (SSSR count). The Morgan fingerprint density at radius 2 is 1.81 bits per heavy atom. The van der Waals surface area contributed by atoms with Crippen LogP contribution >= 0.6 is 0 Å². The minimum Gasteiger partial charge on any atom is -0.502 e. The number of carbonyl (C=O) groups excluding carboxylic acids is 1. The molecule has 0 aliphatic carbocycles. The molecule has 36 heavy (non-hydrogen) atoms. The molecule has 1 fully saturated rings. The fraction of sp³-hybridized carbons (Fsp3) is 0.333. The predicted octanol–water partition coefficient (Wildman–Crippen LogP) is 2.54. The van der Waals surface area contributed by atoms with Gasteiger partial charge in [-0.3, -0.25) is 14.5 Å². The third kappa shape index (κ3) is 5.37. The quantitative estimate of drug-likeness (QED) is 0.497. The van der Waals surface area contributed by atoms with E-state index in [4.69, 9.17) is 14.2 Å². The molecule has 0 bridgehead atoms. The van der Waals surface area contributed by atoms with Crippen LogP contribution in [0.2, 0.25) is 0 Å². The van der Waals surface area contributed by atoms with Crippen molar-refractivity contribution in [1.82, 2.24) is 14.8 Å². The van der Waals surface area contributed by atoms with Gasteiger partial charge in [0.25, 0.3) is 11.5 Å². The minimum atomic E-state index is -0.644. The van der Waals surface area contributed by atoms with Crippen molar-refractivity contribution in [2.45, 2.75) is 13.1 Å². The summed E-state index contributed by atoms with van der Waals surface area (Å²) in [7, 11) is 4.63. The molecule has 3 aromatic rings. The molecule has 2 aromatic carbocycles. The molecule has 190 valence electrons. The number of para-hydroxylation sites is 1. The fourth-order valence-corrected chi connectivity index (χ4v) is 4.30. The lowest BCUT2D eigenvalue weighted by molar-refractivity contribution is 0.0342. The molecule has 1 amide bonds. The number of pyridine rings is 1. The van der Waals surface area contributed by atoms with Gasteiger partial charge in [0.2, 0.25) is 0 Å². The number of methoxy groups -OCH3 is 2. The highest BCUT2D eigenvalue weighted by Crippen LogP contribution is 2.31. The van der Waals surface area contributed by atoms with Gasteiger partial charge >= 0.3 is 0 Å². The summed E-state index contributed by atoms with van der Waals surface area (Å²) in [6, 6.07) is 14.7. The maximum Gasteiger partial charge on any atom is 0.293 e. The van der Waals surface area contributed by atoms with E-state index in [2.05, 4.69) is 10.2 Å². The Morgan fingerprint density at radius 3 is 2.47 bits per heavy atom. The standard InChI is InChI=1S/C27H31N3O6/c1-29-22(19-9-7-18(8-10-19)17-30-11-13-36-14-12-30)15-21(24(31)27(29)33)26(32)28-16-20-5-4-6-23(34-2)25(20)35-3/h4-10,15,31H,11-14,16-17H2,1-3H3,(H,28,32). The van der Waals surface area contributed by atoms with Crippen LogP contribution in [0.25, 0.3) is 11.3 Å². The van der Waals surface area contributed by atoms with E-state index >= 15 is 0 Å². The number of amides is 1. The molecule has 2 heterocycles. The Morgan fingerprint density at radius 1 is 1.08 bits per heavy atom. The third-order valence-corrected chi connectivity index (χ3v) is 6.33. The maximum absolute atomic E-state index is 13.0. The van der Waals surface area contributed by atoms with E-state index in [1.807, 2.05) is 24.3 Å². The maximum atomic E-state index is 13.0. The van der Waals surface area contributed by atoms with Crippen molar-refractivity contribution in [2.75, 3.05) is 40.5 Å². The van der Waals surface area contributed by atoms with Gasteiger partial charge in [-0.15, -0.1) is 0 Å². The Bertz CT molecular complexity index is 1280. The van der Waals surface area contributed by atoms with Gasteiger partial charge < -0.3 is 29.2 Å². The summed E-state index contributed by atoms with van der Waals surface area (Å²) in [5, 5.41) is 13.2. The average molecular weight is 494 g/mol. The zero-order chi connectivity index (χ0) is 25.7. The van der Waals surface area contributed by atoms with Crippen LogP contribution < -0.4 is 20.3 Å². The van der Waals surface area contributed by atoms with Crippen LogP contribution in [0.5, 0.6) is 17.2 Å². The van der Waals surface area contributed by atoms with Gasteiger partial charge in [-0.2, -0.15) is 0 Å². The van der Waals surface area contributed by atoms with Crippen LogP contribution in [0.15, 0.2) is 53.3 Å². The van der Waals surface area contributed by atoms with Gasteiger partial charge in [0.05, 0.1) is 38.7 Å². The number of benzene rings is 2. The molecule has 1 saturated heterocycles. The van der Waals surface area contributed by atoms with Crippen molar-refractivity contribution in [3.05, 3.63) is 75.6 Å². The molecule has 0 spiro atoms. The number of carbonyl (C=O) groups is 1. The fourth-order valence-electron chi connectivity index (χ4n) is 4.30. The average Bonchev–Trinajstić information content (AvgIpc) is 2.91. The van der Waals surface area contributed by atoms with Gasteiger partial charge in [0.15, 0.2) is 17.2 Å². The van der Waals surface area contributed by atoms with Crippen molar-refractivity contribution < 1.29 is 24.1 Å². The van der Waals surface area contributed by atoms with Crippen LogP contribution in [0.4, 0.5) is 0 Å². The summed E-state index contributed by atoms with van der Waals surface area (Å²) in [6.45, 7) is 4.22. The Labute approximate surface area is 209 Å². The van der Waals surface area contributed by atoms with Crippen molar-refractivity contribution in [3.63, 3.8) is 0 Å². The minimum absolute atomic E-state index is 0.0904. The summed E-state index contributed by atoms with van der Waals surface area (Å²) in [6.07, 6.45) is 0. The van der Waals surface area contributed by atoms with Gasteiger partial charge in [0, 0.05) is 38.8 Å². The van der Waals surface area contributed by atoms with E-state index in [0.717, 1.165) is 44.0 Å². The first-order valence-electron chi connectivity index (χ1n) is 11.7. The zero-order valence-corrected chi connectivity index (χ0v) is 20.7. The van der Waals surface area contributed by atoms with Crippen LogP contribution in [0, 0.1) is 0 Å². The highest BCUT2D eigenvalue weighted by molar-refractivity contribution is 5.97. The van der Waals surface area contributed by atoms with E-state index in [-0.39, 0.29) is 12.1 Å². The van der Waals surface area contributed by atoms with Crippen LogP contribution in [-0.4, -0.2) is 61.0 Å². The van der Waals surface area contributed by atoms with E-state index in [1.54, 1.807) is 25.2 Å². The Hall–Kier alpha value is -3.82. The lowest BCUT2D eigenvalue weighted by Crippen LogP contribution is -2.35. The highest BCUT2D eigenvalue weighted by atomic mass is 16.5. The number of ether oxygens (including phenoxy) is 3. The third-order valence-electron chi connectivity index (χ3n) is 6.33. The molecule has 1 aliphatic rings. The first-order valence-corrected chi connectivity index (χ1v) is 11.7. The van der Waals surface area contributed by atoms with Gasteiger partial charge in [-0.1, -0.05) is 36.4 Å². The van der Waals surface area contributed by atoms with E-state index in [9.17, 15) is 14.7 Å². The molecule has 2 N–H and O–H groups in total. The Balaban J connectivity index is 1.55. The molecular weight excluding hydrogens is 462 g/mol. The van der Waals surface area contributed by atoms with Crippen LogP contribution in [0.3, 0.4) is 0 Å². The van der Waals surface area contributed by atoms with Gasteiger partial charge in [0.1, 0.15) is 0 Å². The molecule has 0 saturated carbocycles. The van der Waals surface area contributed by atoms with E-state index in [1.165, 1.54) is 24.9 Å². The van der Waals surface area contributed by atoms with E-state index < -0.39 is 17.2 Å². The molecule has 9 nitrogen and oxygen atoms in total. The lowest BCUT2D eigenvalue weighted by Gasteiger charge is -2.26. The second kappa shape index (κ2) is 11.3. The first-order chi connectivity index (χ1) is 17.4. The lowest BCUT2D eigenvalue weighted by atomic mass is 10.0. The summed E-state index contributed by atoms with van der Waals surface area (Å²) in [5.41, 5.74) is 2.41. The first kappa shape index (κ1) is 25.3. The molecule has 1 aromatic heterocycles. The normalized spacial score (nSPS) is 13.9. The molecule has 9 heteroatoms. The number of hydrogen-bond donors (Lipinski definition) is 2. The second-order valence-corrected chi connectivity index (χ2v) is 8.58. The zero-order valence-electron chi connectivity index (χ0n) is 20.7. The number of aromatic nitrogens is 1. The monoisotopic (exact) mass is 493 g/mol. The highest BCUT2D eigenvalue weighted by Gasteiger charge is 2.20. The molecule has 0 atom stereocenters. The summed E-state index contributed by atoms with van der Waals surface area (Å²) in [4.78, 5) is 28.1. The second-order valence-electron chi connectivity index (χ2n) is 8.58. The largest absolute Gasteiger partial charge is 0.502 e. The van der Waals surface area contributed by atoms with E-state index in [0.29, 0.717) is 22.8 Å². The van der Waals surface area contributed by atoms with Crippen LogP contribution in [0.1, 0.15) is 21.5 Å². The molecular formula is C27H31N3O6. The number of nitrogens with zero attached hydrogens (tertiary/aromatic N) is 2. The van der Waals surface area contributed by atoms with Crippen LogP contribution in [-0.2, 0) is 24.9 Å². The van der Waals surface area contributed by atoms with Crippen molar-refractivity contribution in [3.8, 4) is 28.5 Å². The summed E-state index contributed by atoms with van der Waals surface area (Å²) < 4.78 is 17.5. The van der Waals surface area contributed by atoms with Crippen molar-refractivity contribution in [2.24, 2.45) is 7.05 Å². The smallest absolute Gasteiger partial charge is 0.293 e. The van der Waals surface area contributed by atoms with Crippen molar-refractivity contribution in [1.29, 1.82) is 0 Å². The number of aromatic hydroxyl groups is 1. The number of hydrogen-bond acceptors (Lipinski definition) is 7.